The normalized spacial score (nSPS) is 22.4. The molecule has 1 aromatic carbocycles. The number of likely N-dealkylation sites (N-methyl/N-ethyl adjacent to an activating group) is 1. The fourth-order valence-corrected chi connectivity index (χ4v) is 5.53. The number of nitrogens with zero attached hydrogens (tertiary/aromatic N) is 4. The molecule has 0 aliphatic carbocycles. The Labute approximate surface area is 196 Å². The maximum absolute atomic E-state index is 13.7. The Kier molecular flexibility index (Phi) is 5.64. The van der Waals surface area contributed by atoms with Crippen LogP contribution < -0.4 is 9.38 Å². The number of hydrogen-bond acceptors (Lipinski definition) is 6. The summed E-state index contributed by atoms with van der Waals surface area (Å²) < 4.78 is 65.6. The third-order valence-electron chi connectivity index (χ3n) is 6.57. The fraction of sp³-hybridized carbons (Fsp3) is 0.435. The molecule has 0 spiro atoms. The molecule has 2 aliphatic rings. The molecule has 11 heteroatoms. The van der Waals surface area contributed by atoms with Gasteiger partial charge >= 0.3 is 6.18 Å². The summed E-state index contributed by atoms with van der Waals surface area (Å²) >= 11 is 0. The molecule has 182 valence electrons. The molecule has 3 heterocycles. The first-order valence-electron chi connectivity index (χ1n) is 10.8. The van der Waals surface area contributed by atoms with Crippen molar-refractivity contribution < 1.29 is 26.4 Å². The second-order valence-electron chi connectivity index (χ2n) is 9.35. The van der Waals surface area contributed by atoms with Gasteiger partial charge in [0, 0.05) is 30.2 Å². The molecule has 2 unspecified atom stereocenters. The Morgan fingerprint density at radius 2 is 1.94 bits per heavy atom. The number of rotatable bonds is 4. The van der Waals surface area contributed by atoms with Crippen LogP contribution >= 0.6 is 0 Å². The monoisotopic (exact) mass is 495 g/mol. The second kappa shape index (κ2) is 7.88. The number of hydrogen-bond donors (Lipinski definition) is 0. The van der Waals surface area contributed by atoms with Crippen molar-refractivity contribution in [2.75, 3.05) is 31.3 Å². The van der Waals surface area contributed by atoms with Crippen molar-refractivity contribution in [2.24, 2.45) is 5.92 Å². The zero-order chi connectivity index (χ0) is 25.2. The van der Waals surface area contributed by atoms with Crippen molar-refractivity contribution in [1.29, 1.82) is 0 Å². The summed E-state index contributed by atoms with van der Waals surface area (Å²) in [6.07, 6.45) is -0.707. The third kappa shape index (κ3) is 3.90. The number of Topliss-reactive ketones (excluding diaryl/α,β-unsaturated/α-hetero) is 1. The van der Waals surface area contributed by atoms with E-state index in [4.69, 9.17) is 0 Å². The summed E-state index contributed by atoms with van der Waals surface area (Å²) in [7, 11) is -1.42. The standard InChI is InChI=1S/C23H26F3N4O3S/c1-13(2)20-19-10-15-6-7-16(34(5,32)33)11-18(15)30(19,4)9-8-29(20)22-27-12-17(14(3)31)21(28-22)23(24,25)26/h6-7,10-13,20H,8-9H2,1-5H3/q+1. The van der Waals surface area contributed by atoms with Crippen LogP contribution in [0.15, 0.2) is 35.0 Å². The van der Waals surface area contributed by atoms with Gasteiger partial charge in [-0.1, -0.05) is 13.8 Å². The highest BCUT2D eigenvalue weighted by atomic mass is 32.2. The van der Waals surface area contributed by atoms with E-state index in [1.165, 1.54) is 0 Å². The summed E-state index contributed by atoms with van der Waals surface area (Å²) in [5.74, 6) is -0.855. The number of ketones is 1. The highest BCUT2D eigenvalue weighted by molar-refractivity contribution is 7.90. The van der Waals surface area contributed by atoms with Crippen LogP contribution in [0.2, 0.25) is 0 Å². The number of piperazine rings is 1. The van der Waals surface area contributed by atoms with Gasteiger partial charge in [-0.05, 0) is 25.0 Å². The van der Waals surface area contributed by atoms with Gasteiger partial charge in [0.1, 0.15) is 24.0 Å². The van der Waals surface area contributed by atoms with Crippen molar-refractivity contribution in [3.63, 3.8) is 0 Å². The number of quaternary nitrogens is 1. The molecule has 1 aromatic heterocycles. The first-order valence-corrected chi connectivity index (χ1v) is 12.7. The van der Waals surface area contributed by atoms with E-state index in [9.17, 15) is 26.4 Å². The molecular weight excluding hydrogens is 469 g/mol. The fourth-order valence-electron chi connectivity index (χ4n) is 4.89. The average molecular weight is 496 g/mol. The van der Waals surface area contributed by atoms with E-state index < -0.39 is 33.1 Å². The van der Waals surface area contributed by atoms with E-state index in [2.05, 4.69) is 9.97 Å². The molecule has 0 saturated carbocycles. The smallest absolute Gasteiger partial charge is 0.322 e. The first-order chi connectivity index (χ1) is 15.6. The van der Waals surface area contributed by atoms with Crippen molar-refractivity contribution in [1.82, 2.24) is 14.5 Å². The minimum Gasteiger partial charge on any atom is -0.322 e. The maximum Gasteiger partial charge on any atom is 0.434 e. The lowest BCUT2D eigenvalue weighted by atomic mass is 9.95. The van der Waals surface area contributed by atoms with E-state index in [1.807, 2.05) is 27.0 Å². The number of anilines is 1. The van der Waals surface area contributed by atoms with Gasteiger partial charge in [-0.25, -0.2) is 18.4 Å². The number of benzene rings is 1. The third-order valence-corrected chi connectivity index (χ3v) is 7.68. The van der Waals surface area contributed by atoms with E-state index in [0.29, 0.717) is 17.6 Å². The maximum atomic E-state index is 13.7. The van der Waals surface area contributed by atoms with E-state index in [-0.39, 0.29) is 22.8 Å². The van der Waals surface area contributed by atoms with Crippen LogP contribution in [-0.4, -0.2) is 56.6 Å². The molecule has 7 nitrogen and oxygen atoms in total. The second-order valence-corrected chi connectivity index (χ2v) is 11.4. The molecule has 2 aliphatic heterocycles. The van der Waals surface area contributed by atoms with Crippen molar-refractivity contribution in [2.45, 2.75) is 37.9 Å². The van der Waals surface area contributed by atoms with Crippen LogP contribution in [-0.2, 0) is 16.0 Å². The largest absolute Gasteiger partial charge is 0.434 e. The summed E-state index contributed by atoms with van der Waals surface area (Å²) in [6.45, 7) is 5.81. The van der Waals surface area contributed by atoms with E-state index in [1.54, 1.807) is 23.1 Å². The van der Waals surface area contributed by atoms with Crippen LogP contribution in [0.3, 0.4) is 0 Å². The minimum absolute atomic E-state index is 0.0156. The summed E-state index contributed by atoms with van der Waals surface area (Å²) in [6, 6.07) is 4.68. The predicted octanol–water partition coefficient (Wildman–Crippen LogP) is 3.94. The zero-order valence-corrected chi connectivity index (χ0v) is 20.3. The molecule has 4 rings (SSSR count). The molecule has 1 fully saturated rings. The summed E-state index contributed by atoms with van der Waals surface area (Å²) in [4.78, 5) is 21.7. The van der Waals surface area contributed by atoms with Gasteiger partial charge in [-0.2, -0.15) is 13.2 Å². The van der Waals surface area contributed by atoms with E-state index >= 15 is 0 Å². The Morgan fingerprint density at radius 3 is 2.50 bits per heavy atom. The van der Waals surface area contributed by atoms with Crippen molar-refractivity contribution in [3.8, 4) is 0 Å². The number of alkyl halides is 3. The topological polar surface area (TPSA) is 80.2 Å². The quantitative estimate of drug-likeness (QED) is 0.472. The molecule has 34 heavy (non-hydrogen) atoms. The molecule has 0 bridgehead atoms. The van der Waals surface area contributed by atoms with Crippen molar-refractivity contribution in [3.05, 3.63) is 46.9 Å². The van der Waals surface area contributed by atoms with Crippen LogP contribution in [0.1, 0.15) is 42.4 Å². The van der Waals surface area contributed by atoms with Gasteiger partial charge in [-0.3, -0.25) is 9.28 Å². The molecular formula is C23H26F3N4O3S+. The molecule has 0 amide bonds. The highest BCUT2D eigenvalue weighted by Crippen LogP contribution is 2.46. The number of halogens is 3. The molecule has 0 radical (unpaired) electrons. The average Bonchev–Trinajstić information content (AvgIpc) is 3.02. The molecule has 0 N–H and O–H groups in total. The van der Waals surface area contributed by atoms with Crippen molar-refractivity contribution >= 4 is 33.3 Å². The summed E-state index contributed by atoms with van der Waals surface area (Å²) in [5.41, 5.74) is 0.843. The Morgan fingerprint density at radius 1 is 1.26 bits per heavy atom. The minimum atomic E-state index is -4.79. The van der Waals surface area contributed by atoms with Gasteiger partial charge in [0.25, 0.3) is 0 Å². The van der Waals surface area contributed by atoms with Crippen LogP contribution in [0, 0.1) is 5.92 Å². The number of carbonyl (C=O) groups excluding carboxylic acids is 1. The zero-order valence-electron chi connectivity index (χ0n) is 19.5. The Hall–Kier alpha value is -2.79. The Balaban J connectivity index is 1.81. The highest BCUT2D eigenvalue weighted by Gasteiger charge is 2.50. The van der Waals surface area contributed by atoms with Crippen LogP contribution in [0.25, 0.3) is 6.08 Å². The van der Waals surface area contributed by atoms with Gasteiger partial charge in [0.2, 0.25) is 5.95 Å². The van der Waals surface area contributed by atoms with Crippen LogP contribution in [0.4, 0.5) is 24.8 Å². The van der Waals surface area contributed by atoms with Gasteiger partial charge in [-0.15, -0.1) is 0 Å². The molecule has 1 saturated heterocycles. The Bertz CT molecular complexity index is 1320. The molecule has 2 aromatic rings. The van der Waals surface area contributed by atoms with E-state index in [0.717, 1.165) is 36.3 Å². The SMILES string of the molecule is CC(=O)c1cnc(N2CC[N+]3(C)C(=Cc4ccc(S(C)(=O)=O)cc43)C2C(C)C)nc1C(F)(F)F. The lowest BCUT2D eigenvalue weighted by Gasteiger charge is -2.47. The number of carbonyl (C=O) groups is 1. The summed E-state index contributed by atoms with van der Waals surface area (Å²) in [5, 5.41) is 0. The van der Waals surface area contributed by atoms with Gasteiger partial charge in [0.15, 0.2) is 21.3 Å². The number of aromatic nitrogens is 2. The lowest BCUT2D eigenvalue weighted by Crippen LogP contribution is -2.61. The number of fused-ring (bicyclic) bond motifs is 3. The number of sulfone groups is 1. The predicted molar refractivity (Wildman–Crippen MR) is 123 cm³/mol. The first kappa shape index (κ1) is 24.3. The van der Waals surface area contributed by atoms with Gasteiger partial charge < -0.3 is 4.90 Å². The lowest BCUT2D eigenvalue weighted by molar-refractivity contribution is -0.141. The molecule has 2 atom stereocenters. The van der Waals surface area contributed by atoms with Crippen LogP contribution in [0.5, 0.6) is 0 Å². The van der Waals surface area contributed by atoms with Gasteiger partial charge in [0.05, 0.1) is 24.1 Å².